The molecule has 1 amide bonds. The molecule has 1 aromatic heterocycles. The monoisotopic (exact) mass is 375 g/mol. The van der Waals surface area contributed by atoms with Crippen LogP contribution < -0.4 is 10.6 Å². The van der Waals surface area contributed by atoms with Crippen molar-refractivity contribution in [3.63, 3.8) is 0 Å². The van der Waals surface area contributed by atoms with Gasteiger partial charge in [-0.1, -0.05) is 39.4 Å². The van der Waals surface area contributed by atoms with E-state index in [-0.39, 0.29) is 12.5 Å². The van der Waals surface area contributed by atoms with Crippen LogP contribution in [0.2, 0.25) is 0 Å². The number of para-hydroxylation sites is 1. The topological polar surface area (TPSA) is 54.0 Å². The molecule has 0 spiro atoms. The van der Waals surface area contributed by atoms with Crippen molar-refractivity contribution in [1.82, 2.24) is 4.98 Å². The van der Waals surface area contributed by atoms with Crippen molar-refractivity contribution in [2.45, 2.75) is 6.92 Å². The van der Waals surface area contributed by atoms with Crippen LogP contribution in [-0.2, 0) is 4.79 Å². The number of carbonyl (C=O) groups is 1. The summed E-state index contributed by atoms with van der Waals surface area (Å²) in [7, 11) is 0. The average molecular weight is 376 g/mol. The lowest BCUT2D eigenvalue weighted by molar-refractivity contribution is -0.114. The highest BCUT2D eigenvalue weighted by atomic mass is 79.9. The Morgan fingerprint density at radius 1 is 1.27 bits per heavy atom. The van der Waals surface area contributed by atoms with Crippen molar-refractivity contribution in [2.24, 2.45) is 0 Å². The van der Waals surface area contributed by atoms with Crippen LogP contribution in [0.15, 0.2) is 46.9 Å². The third-order valence-corrected chi connectivity index (χ3v) is 4.64. The van der Waals surface area contributed by atoms with Crippen LogP contribution in [0.4, 0.5) is 10.8 Å². The third kappa shape index (κ3) is 3.45. The van der Waals surface area contributed by atoms with Crippen LogP contribution in [0.5, 0.6) is 0 Å². The first-order valence-electron chi connectivity index (χ1n) is 6.77. The van der Waals surface area contributed by atoms with Gasteiger partial charge in [-0.25, -0.2) is 4.98 Å². The summed E-state index contributed by atoms with van der Waals surface area (Å²) in [5, 5.41) is 6.72. The molecule has 0 unspecified atom stereocenters. The maximum atomic E-state index is 12.0. The molecule has 0 radical (unpaired) electrons. The van der Waals surface area contributed by atoms with Crippen LogP contribution in [0.3, 0.4) is 0 Å². The number of aromatic nitrogens is 1. The minimum atomic E-state index is -0.0929. The molecule has 2 aromatic carbocycles. The van der Waals surface area contributed by atoms with Gasteiger partial charge in [-0.05, 0) is 42.8 Å². The number of nitrogens with zero attached hydrogens (tertiary/aromatic N) is 1. The molecule has 3 rings (SSSR count). The van der Waals surface area contributed by atoms with Crippen molar-refractivity contribution in [1.29, 1.82) is 0 Å². The second-order valence-corrected chi connectivity index (χ2v) is 6.79. The van der Waals surface area contributed by atoms with Crippen LogP contribution in [0, 0.1) is 6.92 Å². The predicted molar refractivity (Wildman–Crippen MR) is 95.6 cm³/mol. The number of amides is 1. The van der Waals surface area contributed by atoms with Crippen LogP contribution in [-0.4, -0.2) is 17.4 Å². The van der Waals surface area contributed by atoms with E-state index >= 15 is 0 Å². The molecule has 2 N–H and O–H groups in total. The van der Waals surface area contributed by atoms with E-state index in [4.69, 9.17) is 0 Å². The number of aryl methyl sites for hydroxylation is 1. The molecule has 4 nitrogen and oxygen atoms in total. The first-order chi connectivity index (χ1) is 10.6. The second kappa shape index (κ2) is 6.46. The highest BCUT2D eigenvalue weighted by Gasteiger charge is 2.07. The summed E-state index contributed by atoms with van der Waals surface area (Å²) in [6, 6.07) is 13.7. The minimum absolute atomic E-state index is 0.0929. The molecule has 22 heavy (non-hydrogen) atoms. The molecule has 0 saturated carbocycles. The fourth-order valence-electron chi connectivity index (χ4n) is 2.07. The zero-order valence-corrected chi connectivity index (χ0v) is 14.3. The van der Waals surface area contributed by atoms with E-state index in [9.17, 15) is 4.79 Å². The molecule has 112 valence electrons. The molecule has 0 fully saturated rings. The van der Waals surface area contributed by atoms with Gasteiger partial charge >= 0.3 is 0 Å². The van der Waals surface area contributed by atoms with Crippen LogP contribution in [0.1, 0.15) is 5.56 Å². The van der Waals surface area contributed by atoms with Crippen molar-refractivity contribution < 1.29 is 4.79 Å². The number of hydrogen-bond donors (Lipinski definition) is 2. The van der Waals surface area contributed by atoms with Gasteiger partial charge in [-0.3, -0.25) is 4.79 Å². The van der Waals surface area contributed by atoms with Gasteiger partial charge in [-0.2, -0.15) is 0 Å². The zero-order chi connectivity index (χ0) is 15.5. The predicted octanol–water partition coefficient (Wildman–Crippen LogP) is 4.42. The summed E-state index contributed by atoms with van der Waals surface area (Å²) in [6.45, 7) is 2.15. The highest BCUT2D eigenvalue weighted by molar-refractivity contribution is 9.10. The van der Waals surface area contributed by atoms with E-state index in [1.165, 1.54) is 0 Å². The normalized spacial score (nSPS) is 10.6. The van der Waals surface area contributed by atoms with Crippen molar-refractivity contribution >= 4 is 54.2 Å². The molecule has 0 aliphatic heterocycles. The molecular weight excluding hydrogens is 362 g/mol. The number of rotatable bonds is 4. The van der Waals surface area contributed by atoms with E-state index < -0.39 is 0 Å². The Morgan fingerprint density at radius 2 is 2.09 bits per heavy atom. The van der Waals surface area contributed by atoms with Gasteiger partial charge in [-0.15, -0.1) is 0 Å². The van der Waals surface area contributed by atoms with Crippen molar-refractivity contribution in [2.75, 3.05) is 17.2 Å². The first kappa shape index (κ1) is 15.0. The Hall–Kier alpha value is -1.92. The summed E-state index contributed by atoms with van der Waals surface area (Å²) in [5.74, 6) is -0.0929. The Bertz CT molecular complexity index is 798. The third-order valence-electron chi connectivity index (χ3n) is 3.16. The Morgan fingerprint density at radius 3 is 2.86 bits per heavy atom. The molecule has 0 atom stereocenters. The lowest BCUT2D eigenvalue weighted by Crippen LogP contribution is -2.22. The Kier molecular flexibility index (Phi) is 4.40. The number of hydrogen-bond acceptors (Lipinski definition) is 4. The highest BCUT2D eigenvalue weighted by Crippen LogP contribution is 2.25. The van der Waals surface area contributed by atoms with Gasteiger partial charge in [0.25, 0.3) is 0 Å². The summed E-state index contributed by atoms with van der Waals surface area (Å²) < 4.78 is 2.10. The molecule has 6 heteroatoms. The lowest BCUT2D eigenvalue weighted by Gasteiger charge is -2.09. The second-order valence-electron chi connectivity index (χ2n) is 4.85. The molecule has 1 heterocycles. The van der Waals surface area contributed by atoms with Crippen LogP contribution in [0.25, 0.3) is 10.2 Å². The average Bonchev–Trinajstić information content (AvgIpc) is 2.91. The number of nitrogens with one attached hydrogen (secondary N) is 2. The van der Waals surface area contributed by atoms with E-state index in [1.54, 1.807) is 11.3 Å². The van der Waals surface area contributed by atoms with Gasteiger partial charge in [0, 0.05) is 10.2 Å². The SMILES string of the molecule is Cc1cc(Br)ccc1NC(=O)CNc1nc2ccccc2s1. The quantitative estimate of drug-likeness (QED) is 0.709. The number of halogens is 1. The fraction of sp³-hybridized carbons (Fsp3) is 0.125. The van der Waals surface area contributed by atoms with Gasteiger partial charge in [0.1, 0.15) is 0 Å². The lowest BCUT2D eigenvalue weighted by atomic mass is 10.2. The first-order valence-corrected chi connectivity index (χ1v) is 8.38. The molecular formula is C16H14BrN3OS. The summed E-state index contributed by atoms with van der Waals surface area (Å²) in [4.78, 5) is 16.5. The van der Waals surface area contributed by atoms with E-state index in [0.29, 0.717) is 0 Å². The largest absolute Gasteiger partial charge is 0.352 e. The molecule has 0 aliphatic rings. The maximum Gasteiger partial charge on any atom is 0.243 e. The van der Waals surface area contributed by atoms with Gasteiger partial charge < -0.3 is 10.6 Å². The number of thiazole rings is 1. The van der Waals surface area contributed by atoms with Crippen molar-refractivity contribution in [3.8, 4) is 0 Å². The smallest absolute Gasteiger partial charge is 0.243 e. The van der Waals surface area contributed by atoms with Crippen LogP contribution >= 0.6 is 27.3 Å². The standard InChI is InChI=1S/C16H14BrN3OS/c1-10-8-11(17)6-7-12(10)19-15(21)9-18-16-20-13-4-2-3-5-14(13)22-16/h2-8H,9H2,1H3,(H,18,20)(H,19,21). The number of carbonyl (C=O) groups excluding carboxylic acids is 1. The summed E-state index contributed by atoms with van der Waals surface area (Å²) in [6.07, 6.45) is 0. The minimum Gasteiger partial charge on any atom is -0.352 e. The Labute approximate surface area is 140 Å². The molecule has 0 bridgehead atoms. The number of benzene rings is 2. The van der Waals surface area contributed by atoms with Gasteiger partial charge in [0.15, 0.2) is 5.13 Å². The Balaban J connectivity index is 1.62. The van der Waals surface area contributed by atoms with Crippen molar-refractivity contribution in [3.05, 3.63) is 52.5 Å². The van der Waals surface area contributed by atoms with E-state index in [2.05, 4.69) is 31.5 Å². The molecule has 0 saturated heterocycles. The van der Waals surface area contributed by atoms with Gasteiger partial charge in [0.05, 0.1) is 16.8 Å². The van der Waals surface area contributed by atoms with E-state index in [1.807, 2.05) is 49.4 Å². The maximum absolute atomic E-state index is 12.0. The fourth-order valence-corrected chi connectivity index (χ4v) is 3.40. The summed E-state index contributed by atoms with van der Waals surface area (Å²) in [5.41, 5.74) is 2.78. The number of fused-ring (bicyclic) bond motifs is 1. The van der Waals surface area contributed by atoms with E-state index in [0.717, 1.165) is 31.1 Å². The zero-order valence-electron chi connectivity index (χ0n) is 11.9. The number of anilines is 2. The van der Waals surface area contributed by atoms with Gasteiger partial charge in [0.2, 0.25) is 5.91 Å². The molecule has 3 aromatic rings. The summed E-state index contributed by atoms with van der Waals surface area (Å²) >= 11 is 4.95. The molecule has 0 aliphatic carbocycles.